The van der Waals surface area contributed by atoms with Crippen molar-refractivity contribution in [2.45, 2.75) is 26.4 Å². The lowest BCUT2D eigenvalue weighted by Gasteiger charge is -2.09. The molecule has 0 spiro atoms. The van der Waals surface area contributed by atoms with Crippen LogP contribution in [0.5, 0.6) is 0 Å². The highest BCUT2D eigenvalue weighted by Crippen LogP contribution is 2.23. The minimum absolute atomic E-state index is 0. The number of esters is 1. The summed E-state index contributed by atoms with van der Waals surface area (Å²) in [5.74, 6) is -1.24. The molecule has 0 saturated heterocycles. The van der Waals surface area contributed by atoms with Crippen molar-refractivity contribution in [3.8, 4) is 11.1 Å². The molecule has 0 radical (unpaired) electrons. The Morgan fingerprint density at radius 2 is 1.74 bits per heavy atom. The van der Waals surface area contributed by atoms with Crippen LogP contribution in [0.25, 0.3) is 11.1 Å². The first kappa shape index (κ1) is 19.1. The van der Waals surface area contributed by atoms with Gasteiger partial charge in [-0.15, -0.1) is 12.4 Å². The van der Waals surface area contributed by atoms with Crippen LogP contribution in [0.2, 0.25) is 0 Å². The normalized spacial score (nSPS) is 10.3. The minimum Gasteiger partial charge on any atom is -0.465 e. The van der Waals surface area contributed by atoms with Gasteiger partial charge in [-0.1, -0.05) is 44.2 Å². The molecule has 3 nitrogen and oxygen atoms in total. The lowest BCUT2D eigenvalue weighted by Crippen LogP contribution is -2.21. The molecule has 2 rings (SSSR count). The summed E-state index contributed by atoms with van der Waals surface area (Å²) in [6.45, 7) is 4.99. The topological polar surface area (TPSA) is 38.3 Å². The average molecular weight is 338 g/mol. The Labute approximate surface area is 142 Å². The summed E-state index contributed by atoms with van der Waals surface area (Å²) in [7, 11) is 1.24. The van der Waals surface area contributed by atoms with E-state index in [4.69, 9.17) is 0 Å². The maximum absolute atomic E-state index is 14.0. The summed E-state index contributed by atoms with van der Waals surface area (Å²) in [4.78, 5) is 11.4. The van der Waals surface area contributed by atoms with Crippen LogP contribution in [0.1, 0.15) is 29.8 Å². The predicted molar refractivity (Wildman–Crippen MR) is 92.4 cm³/mol. The van der Waals surface area contributed by atoms with Crippen molar-refractivity contribution in [3.63, 3.8) is 0 Å². The molecule has 0 unspecified atom stereocenters. The highest BCUT2D eigenvalue weighted by atomic mass is 35.5. The van der Waals surface area contributed by atoms with Gasteiger partial charge in [0.2, 0.25) is 0 Å². The monoisotopic (exact) mass is 337 g/mol. The summed E-state index contributed by atoms with van der Waals surface area (Å²) in [6.07, 6.45) is 0. The van der Waals surface area contributed by atoms with E-state index >= 15 is 0 Å². The van der Waals surface area contributed by atoms with Crippen molar-refractivity contribution in [1.29, 1.82) is 0 Å². The van der Waals surface area contributed by atoms with Crippen LogP contribution < -0.4 is 5.32 Å². The molecule has 23 heavy (non-hydrogen) atoms. The minimum atomic E-state index is -0.667. The first-order valence-corrected chi connectivity index (χ1v) is 7.22. The van der Waals surface area contributed by atoms with Crippen molar-refractivity contribution in [1.82, 2.24) is 5.32 Å². The molecule has 0 heterocycles. The fourth-order valence-corrected chi connectivity index (χ4v) is 2.11. The predicted octanol–water partition coefficient (Wildman–Crippen LogP) is 4.20. The van der Waals surface area contributed by atoms with Crippen LogP contribution in [0.15, 0.2) is 42.5 Å². The van der Waals surface area contributed by atoms with Gasteiger partial charge in [0.05, 0.1) is 12.7 Å². The Bertz CT molecular complexity index is 657. The lowest BCUT2D eigenvalue weighted by atomic mass is 10.0. The van der Waals surface area contributed by atoms with Gasteiger partial charge >= 0.3 is 5.97 Å². The lowest BCUT2D eigenvalue weighted by molar-refractivity contribution is 0.0595. The SMILES string of the molecule is COC(=O)c1ccc(-c2ccc(CNC(C)C)cc2)cc1F.Cl. The van der Waals surface area contributed by atoms with Gasteiger partial charge in [0.1, 0.15) is 5.82 Å². The molecule has 0 bridgehead atoms. The largest absolute Gasteiger partial charge is 0.465 e. The first-order chi connectivity index (χ1) is 10.5. The van der Waals surface area contributed by atoms with Crippen LogP contribution >= 0.6 is 12.4 Å². The molecular formula is C18H21ClFNO2. The maximum Gasteiger partial charge on any atom is 0.340 e. The summed E-state index contributed by atoms with van der Waals surface area (Å²) in [5, 5.41) is 3.35. The number of rotatable bonds is 5. The number of benzene rings is 2. The molecule has 0 amide bonds. The molecule has 5 heteroatoms. The van der Waals surface area contributed by atoms with Crippen molar-refractivity contribution in [2.75, 3.05) is 7.11 Å². The quantitative estimate of drug-likeness (QED) is 0.831. The van der Waals surface area contributed by atoms with E-state index < -0.39 is 11.8 Å². The Kier molecular flexibility index (Phi) is 7.20. The molecule has 0 aliphatic rings. The third-order valence-corrected chi connectivity index (χ3v) is 3.38. The molecule has 2 aromatic carbocycles. The van der Waals surface area contributed by atoms with Crippen LogP contribution in [0.3, 0.4) is 0 Å². The van der Waals surface area contributed by atoms with Gasteiger partial charge in [-0.3, -0.25) is 0 Å². The molecular weight excluding hydrogens is 317 g/mol. The Morgan fingerprint density at radius 1 is 1.13 bits per heavy atom. The number of ether oxygens (including phenoxy) is 1. The van der Waals surface area contributed by atoms with E-state index in [1.165, 1.54) is 24.8 Å². The molecule has 0 atom stereocenters. The smallest absolute Gasteiger partial charge is 0.340 e. The van der Waals surface area contributed by atoms with E-state index in [2.05, 4.69) is 23.9 Å². The van der Waals surface area contributed by atoms with Crippen LogP contribution in [0.4, 0.5) is 4.39 Å². The van der Waals surface area contributed by atoms with Gasteiger partial charge in [-0.2, -0.15) is 0 Å². The molecule has 1 N–H and O–H groups in total. The van der Waals surface area contributed by atoms with E-state index in [0.717, 1.165) is 17.7 Å². The van der Waals surface area contributed by atoms with Crippen molar-refractivity contribution < 1.29 is 13.9 Å². The zero-order valence-electron chi connectivity index (χ0n) is 13.4. The molecule has 0 aliphatic carbocycles. The number of carbonyl (C=O) groups excluding carboxylic acids is 1. The number of carbonyl (C=O) groups is 1. The summed E-state index contributed by atoms with van der Waals surface area (Å²) in [6, 6.07) is 12.9. The fraction of sp³-hybridized carbons (Fsp3) is 0.278. The average Bonchev–Trinajstić information content (AvgIpc) is 2.52. The van der Waals surface area contributed by atoms with Crippen LogP contribution in [0, 0.1) is 5.82 Å². The highest BCUT2D eigenvalue weighted by molar-refractivity contribution is 5.90. The van der Waals surface area contributed by atoms with E-state index in [9.17, 15) is 9.18 Å². The third-order valence-electron chi connectivity index (χ3n) is 3.38. The van der Waals surface area contributed by atoms with Crippen molar-refractivity contribution >= 4 is 18.4 Å². The zero-order chi connectivity index (χ0) is 16.1. The number of hydrogen-bond donors (Lipinski definition) is 1. The Balaban J connectivity index is 0.00000264. The molecule has 0 saturated carbocycles. The third kappa shape index (κ3) is 5.05. The van der Waals surface area contributed by atoms with Gasteiger partial charge < -0.3 is 10.1 Å². The van der Waals surface area contributed by atoms with E-state index in [1.54, 1.807) is 6.07 Å². The van der Waals surface area contributed by atoms with Gasteiger partial charge in [0.15, 0.2) is 0 Å². The van der Waals surface area contributed by atoms with Crippen molar-refractivity contribution in [3.05, 3.63) is 59.4 Å². The number of halogens is 2. The molecule has 0 fully saturated rings. The summed E-state index contributed by atoms with van der Waals surface area (Å²) < 4.78 is 18.5. The standard InChI is InChI=1S/C18H20FNO2.ClH/c1-12(2)20-11-13-4-6-14(7-5-13)15-8-9-16(17(19)10-15)18(21)22-3;/h4-10,12,20H,11H2,1-3H3;1H. The second kappa shape index (κ2) is 8.65. The maximum atomic E-state index is 14.0. The Morgan fingerprint density at radius 3 is 2.26 bits per heavy atom. The summed E-state index contributed by atoms with van der Waals surface area (Å²) >= 11 is 0. The first-order valence-electron chi connectivity index (χ1n) is 7.22. The summed E-state index contributed by atoms with van der Waals surface area (Å²) in [5.41, 5.74) is 2.75. The van der Waals surface area contributed by atoms with E-state index in [1.807, 2.05) is 24.3 Å². The number of hydrogen-bond acceptors (Lipinski definition) is 3. The van der Waals surface area contributed by atoms with Gasteiger partial charge in [0.25, 0.3) is 0 Å². The second-order valence-corrected chi connectivity index (χ2v) is 5.42. The van der Waals surface area contributed by atoms with E-state index in [-0.39, 0.29) is 18.0 Å². The van der Waals surface area contributed by atoms with Crippen LogP contribution in [-0.4, -0.2) is 19.1 Å². The molecule has 2 aromatic rings. The zero-order valence-corrected chi connectivity index (χ0v) is 14.2. The second-order valence-electron chi connectivity index (χ2n) is 5.42. The fourth-order valence-electron chi connectivity index (χ4n) is 2.11. The van der Waals surface area contributed by atoms with E-state index in [0.29, 0.717) is 6.04 Å². The van der Waals surface area contributed by atoms with Gasteiger partial charge in [-0.05, 0) is 28.8 Å². The van der Waals surface area contributed by atoms with Crippen molar-refractivity contribution in [2.24, 2.45) is 0 Å². The number of nitrogens with one attached hydrogen (secondary N) is 1. The van der Waals surface area contributed by atoms with Gasteiger partial charge in [-0.25, -0.2) is 9.18 Å². The molecule has 0 aromatic heterocycles. The highest BCUT2D eigenvalue weighted by Gasteiger charge is 2.12. The number of methoxy groups -OCH3 is 1. The van der Waals surface area contributed by atoms with Gasteiger partial charge in [0, 0.05) is 12.6 Å². The van der Waals surface area contributed by atoms with Crippen LogP contribution in [-0.2, 0) is 11.3 Å². The molecule has 0 aliphatic heterocycles. The Hall–Kier alpha value is -1.91. The molecule has 124 valence electrons.